The first-order valence-electron chi connectivity index (χ1n) is 19.9. The first kappa shape index (κ1) is 52.1. The van der Waals surface area contributed by atoms with Crippen LogP contribution in [0, 0.1) is 11.8 Å². The third-order valence-electron chi connectivity index (χ3n) is 9.61. The molecule has 0 bridgehead atoms. The third-order valence-corrected chi connectivity index (χ3v) is 9.61. The third kappa shape index (κ3) is 17.4. The van der Waals surface area contributed by atoms with E-state index in [0.717, 1.165) is 0 Å². The Morgan fingerprint density at radius 2 is 1.31 bits per heavy atom. The second-order valence-electron chi connectivity index (χ2n) is 15.5. The lowest BCUT2D eigenvalue weighted by atomic mass is 10.0. The Morgan fingerprint density at radius 3 is 1.83 bits per heavy atom. The molecule has 7 amide bonds. The van der Waals surface area contributed by atoms with Crippen LogP contribution in [0.5, 0.6) is 0 Å². The summed E-state index contributed by atoms with van der Waals surface area (Å²) in [4.78, 5) is 117. The van der Waals surface area contributed by atoms with E-state index in [1.165, 1.54) is 18.7 Å². The van der Waals surface area contributed by atoms with Crippen LogP contribution in [0.2, 0.25) is 0 Å². The van der Waals surface area contributed by atoms with Crippen LogP contribution < -0.4 is 43.4 Å². The van der Waals surface area contributed by atoms with Gasteiger partial charge in [0.2, 0.25) is 41.4 Å². The van der Waals surface area contributed by atoms with Gasteiger partial charge in [-0.05, 0) is 77.2 Å². The van der Waals surface area contributed by atoms with Crippen LogP contribution in [0.4, 0.5) is 0 Å². The summed E-state index contributed by atoms with van der Waals surface area (Å²) in [6.07, 6.45) is -0.283. The molecule has 22 heteroatoms. The maximum atomic E-state index is 13.9. The van der Waals surface area contributed by atoms with Gasteiger partial charge in [0.25, 0.3) is 0 Å². The van der Waals surface area contributed by atoms with E-state index in [-0.39, 0.29) is 44.6 Å². The summed E-state index contributed by atoms with van der Waals surface area (Å²) in [7, 11) is 0. The molecule has 0 radical (unpaired) electrons. The van der Waals surface area contributed by atoms with Gasteiger partial charge >= 0.3 is 11.9 Å². The average Bonchev–Trinajstić information content (AvgIpc) is 3.65. The number of hydrogen-bond donors (Lipinski definition) is 12. The van der Waals surface area contributed by atoms with Gasteiger partial charge < -0.3 is 68.7 Å². The van der Waals surface area contributed by atoms with Crippen molar-refractivity contribution < 1.29 is 63.6 Å². The van der Waals surface area contributed by atoms with Crippen LogP contribution in [0.3, 0.4) is 0 Å². The standard InChI is InChI=1S/C37H65N9O13/c1-18(2)16-24(32(53)41-23(10-7-8-14-38)36(57)46-15-9-11-26(46)34(55)45-29(21(6)48)37(58)59)42-33(54)25(17-47)43-35(56)28(19(3)4)44-30(51)20(5)40-31(52)22(39)12-13-27(49)50/h18-26,28-29,47-48H,7-17,38-39H2,1-6H3,(H,40,52)(H,41,53)(H,42,54)(H,43,56)(H,44,51)(H,45,55)(H,49,50)(H,58,59). The number of unbranched alkanes of at least 4 members (excludes halogenated alkanes) is 1. The molecule has 9 atom stereocenters. The number of aliphatic carboxylic acids is 2. The number of rotatable bonds is 26. The normalized spacial score (nSPS) is 18.0. The van der Waals surface area contributed by atoms with Gasteiger partial charge in [-0.2, -0.15) is 0 Å². The topological polar surface area (TPSA) is 362 Å². The number of nitrogens with two attached hydrogens (primary N) is 2. The van der Waals surface area contributed by atoms with E-state index in [1.54, 1.807) is 27.7 Å². The first-order valence-corrected chi connectivity index (χ1v) is 19.9. The number of carboxylic acid groups (broad SMARTS) is 2. The molecule has 0 aromatic heterocycles. The fourth-order valence-corrected chi connectivity index (χ4v) is 6.20. The molecule has 22 nitrogen and oxygen atoms in total. The Labute approximate surface area is 343 Å². The van der Waals surface area contributed by atoms with Crippen LogP contribution in [0.15, 0.2) is 0 Å². The highest BCUT2D eigenvalue weighted by Crippen LogP contribution is 2.21. The summed E-state index contributed by atoms with van der Waals surface area (Å²) in [5.74, 6) is -8.95. The maximum Gasteiger partial charge on any atom is 0.328 e. The summed E-state index contributed by atoms with van der Waals surface area (Å²) >= 11 is 0. The predicted octanol–water partition coefficient (Wildman–Crippen LogP) is -3.61. The molecule has 0 spiro atoms. The molecular weight excluding hydrogens is 778 g/mol. The lowest BCUT2D eigenvalue weighted by Gasteiger charge is -2.31. The number of amides is 7. The van der Waals surface area contributed by atoms with E-state index in [2.05, 4.69) is 31.9 Å². The SMILES string of the molecule is CC(C)CC(NC(=O)C(CO)NC(=O)C(NC(=O)C(C)NC(=O)C(N)CCC(=O)O)C(C)C)C(=O)NC(CCCCN)C(=O)N1CCCC1C(=O)NC(C(=O)O)C(C)O. The van der Waals surface area contributed by atoms with Gasteiger partial charge in [0.1, 0.15) is 36.3 Å². The summed E-state index contributed by atoms with van der Waals surface area (Å²) in [6, 6.07) is -10.4. The Kier molecular flexibility index (Phi) is 22.5. The number of aliphatic hydroxyl groups is 2. The molecule has 1 aliphatic rings. The number of hydrogen-bond acceptors (Lipinski definition) is 13. The number of aliphatic hydroxyl groups excluding tert-OH is 2. The van der Waals surface area contributed by atoms with Gasteiger partial charge in [-0.15, -0.1) is 0 Å². The van der Waals surface area contributed by atoms with Crippen LogP contribution in [-0.4, -0.2) is 153 Å². The van der Waals surface area contributed by atoms with Gasteiger partial charge in [0.15, 0.2) is 6.04 Å². The van der Waals surface area contributed by atoms with Crippen molar-refractivity contribution in [2.45, 2.75) is 147 Å². The van der Waals surface area contributed by atoms with Gasteiger partial charge in [0.05, 0.1) is 18.8 Å². The van der Waals surface area contributed by atoms with Crippen molar-refractivity contribution in [2.75, 3.05) is 19.7 Å². The molecule has 0 aliphatic carbocycles. The van der Waals surface area contributed by atoms with Crippen molar-refractivity contribution in [1.29, 1.82) is 0 Å². The van der Waals surface area contributed by atoms with E-state index < -0.39 is 120 Å². The zero-order valence-corrected chi connectivity index (χ0v) is 34.7. The molecule has 336 valence electrons. The van der Waals surface area contributed by atoms with Crippen molar-refractivity contribution >= 4 is 53.3 Å². The van der Waals surface area contributed by atoms with E-state index >= 15 is 0 Å². The van der Waals surface area contributed by atoms with Crippen LogP contribution in [-0.2, 0) is 43.2 Å². The molecule has 0 aromatic rings. The number of carbonyl (C=O) groups excluding carboxylic acids is 7. The highest BCUT2D eigenvalue weighted by atomic mass is 16.4. The molecule has 0 saturated carbocycles. The highest BCUT2D eigenvalue weighted by molar-refractivity contribution is 5.97. The van der Waals surface area contributed by atoms with Crippen molar-refractivity contribution in [3.8, 4) is 0 Å². The van der Waals surface area contributed by atoms with Crippen molar-refractivity contribution in [3.63, 3.8) is 0 Å². The van der Waals surface area contributed by atoms with Crippen molar-refractivity contribution in [1.82, 2.24) is 36.8 Å². The largest absolute Gasteiger partial charge is 0.481 e. The van der Waals surface area contributed by atoms with Gasteiger partial charge in [-0.1, -0.05) is 27.7 Å². The monoisotopic (exact) mass is 843 g/mol. The summed E-state index contributed by atoms with van der Waals surface area (Å²) in [5.41, 5.74) is 11.4. The minimum Gasteiger partial charge on any atom is -0.481 e. The molecule has 59 heavy (non-hydrogen) atoms. The zero-order valence-electron chi connectivity index (χ0n) is 34.7. The Bertz CT molecular complexity index is 1480. The lowest BCUT2D eigenvalue weighted by Crippen LogP contribution is -2.61. The number of carbonyl (C=O) groups is 9. The Morgan fingerprint density at radius 1 is 0.712 bits per heavy atom. The molecule has 1 heterocycles. The number of nitrogens with zero attached hydrogens (tertiary/aromatic N) is 1. The second kappa shape index (κ2) is 25.5. The van der Waals surface area contributed by atoms with E-state index in [4.69, 9.17) is 16.6 Å². The van der Waals surface area contributed by atoms with E-state index in [9.17, 15) is 58.5 Å². The zero-order chi connectivity index (χ0) is 45.1. The maximum absolute atomic E-state index is 13.9. The van der Waals surface area contributed by atoms with Crippen molar-refractivity contribution in [2.24, 2.45) is 23.3 Å². The number of nitrogens with one attached hydrogen (secondary N) is 6. The molecule has 1 rings (SSSR count). The lowest BCUT2D eigenvalue weighted by molar-refractivity contribution is -0.147. The molecule has 1 fully saturated rings. The Balaban J connectivity index is 3.15. The molecule has 0 aromatic carbocycles. The molecular formula is C37H65N9O13. The van der Waals surface area contributed by atoms with Crippen LogP contribution >= 0.6 is 0 Å². The van der Waals surface area contributed by atoms with Crippen LogP contribution in [0.1, 0.15) is 92.9 Å². The van der Waals surface area contributed by atoms with E-state index in [1.807, 2.05) is 0 Å². The predicted molar refractivity (Wildman–Crippen MR) is 210 cm³/mol. The fraction of sp³-hybridized carbons (Fsp3) is 0.757. The fourth-order valence-electron chi connectivity index (χ4n) is 6.20. The van der Waals surface area contributed by atoms with Crippen LogP contribution in [0.25, 0.3) is 0 Å². The summed E-state index contributed by atoms with van der Waals surface area (Å²) in [5, 5.41) is 52.9. The molecule has 1 saturated heterocycles. The van der Waals surface area contributed by atoms with Gasteiger partial charge in [-0.25, -0.2) is 4.79 Å². The molecule has 9 unspecified atom stereocenters. The molecule has 14 N–H and O–H groups in total. The van der Waals surface area contributed by atoms with Crippen molar-refractivity contribution in [3.05, 3.63) is 0 Å². The number of carboxylic acids is 2. The van der Waals surface area contributed by atoms with Gasteiger partial charge in [0, 0.05) is 13.0 Å². The summed E-state index contributed by atoms with van der Waals surface area (Å²) in [6.45, 7) is 8.77. The minimum absolute atomic E-state index is 0.0618. The summed E-state index contributed by atoms with van der Waals surface area (Å²) < 4.78 is 0. The molecule has 1 aliphatic heterocycles. The smallest absolute Gasteiger partial charge is 0.328 e. The highest BCUT2D eigenvalue weighted by Gasteiger charge is 2.40. The second-order valence-corrected chi connectivity index (χ2v) is 15.5. The Hall–Kier alpha value is -4.93. The number of likely N-dealkylation sites (tertiary alicyclic amines) is 1. The van der Waals surface area contributed by atoms with Gasteiger partial charge in [-0.3, -0.25) is 38.4 Å². The minimum atomic E-state index is -1.62. The van der Waals surface area contributed by atoms with E-state index in [0.29, 0.717) is 25.8 Å². The average molecular weight is 844 g/mol. The first-order chi connectivity index (χ1) is 27.5. The quantitative estimate of drug-likeness (QED) is 0.0374.